The van der Waals surface area contributed by atoms with Crippen LogP contribution in [0.25, 0.3) is 5.57 Å². The van der Waals surface area contributed by atoms with Gasteiger partial charge in [0.2, 0.25) is 0 Å². The summed E-state index contributed by atoms with van der Waals surface area (Å²) in [5.74, 6) is -0.105. The van der Waals surface area contributed by atoms with Crippen molar-refractivity contribution in [3.05, 3.63) is 35.0 Å². The van der Waals surface area contributed by atoms with Crippen molar-refractivity contribution in [1.82, 2.24) is 4.90 Å². The van der Waals surface area contributed by atoms with Gasteiger partial charge in [0.1, 0.15) is 0 Å². The van der Waals surface area contributed by atoms with E-state index in [2.05, 4.69) is 5.32 Å². The maximum absolute atomic E-state index is 11.7. The van der Waals surface area contributed by atoms with E-state index in [-0.39, 0.29) is 5.91 Å². The molecule has 0 aromatic heterocycles. The van der Waals surface area contributed by atoms with Crippen LogP contribution in [-0.2, 0) is 4.79 Å². The lowest BCUT2D eigenvalue weighted by Crippen LogP contribution is -2.08. The molecular weight excluding hydrogens is 212 g/mol. The van der Waals surface area contributed by atoms with E-state index in [1.807, 2.05) is 31.1 Å². The zero-order valence-electron chi connectivity index (χ0n) is 8.54. The van der Waals surface area contributed by atoms with E-state index in [0.29, 0.717) is 16.3 Å². The van der Waals surface area contributed by atoms with Crippen LogP contribution in [-0.4, -0.2) is 24.9 Å². The predicted molar refractivity (Wildman–Crippen MR) is 61.7 cm³/mol. The molecular formula is C11H11ClN2O. The number of carbonyl (C=O) groups is 1. The number of rotatable bonds is 1. The Labute approximate surface area is 93.3 Å². The summed E-state index contributed by atoms with van der Waals surface area (Å²) in [6.45, 7) is 0. The summed E-state index contributed by atoms with van der Waals surface area (Å²) >= 11 is 5.98. The van der Waals surface area contributed by atoms with Crippen molar-refractivity contribution >= 4 is 28.8 Å². The van der Waals surface area contributed by atoms with Crippen LogP contribution in [0.4, 0.5) is 5.69 Å². The van der Waals surface area contributed by atoms with Crippen LogP contribution in [0.15, 0.2) is 24.4 Å². The molecule has 0 saturated heterocycles. The van der Waals surface area contributed by atoms with E-state index in [1.165, 1.54) is 0 Å². The normalized spacial score (nSPS) is 16.5. The maximum Gasteiger partial charge on any atom is 0.257 e. The molecule has 3 nitrogen and oxygen atoms in total. The molecule has 1 amide bonds. The minimum absolute atomic E-state index is 0.105. The number of nitrogens with zero attached hydrogens (tertiary/aromatic N) is 1. The number of anilines is 1. The molecule has 0 aliphatic carbocycles. The summed E-state index contributed by atoms with van der Waals surface area (Å²) in [4.78, 5) is 13.5. The quantitative estimate of drug-likeness (QED) is 0.739. The lowest BCUT2D eigenvalue weighted by Gasteiger charge is -2.06. The van der Waals surface area contributed by atoms with Gasteiger partial charge in [0, 0.05) is 25.9 Å². The van der Waals surface area contributed by atoms with Gasteiger partial charge in [-0.1, -0.05) is 23.7 Å². The van der Waals surface area contributed by atoms with Gasteiger partial charge < -0.3 is 10.2 Å². The molecule has 1 heterocycles. The number of benzene rings is 1. The van der Waals surface area contributed by atoms with E-state index in [0.717, 1.165) is 5.56 Å². The molecule has 2 rings (SSSR count). The highest BCUT2D eigenvalue weighted by Gasteiger charge is 2.25. The Hall–Kier alpha value is -1.48. The Morgan fingerprint density at radius 1 is 1.40 bits per heavy atom. The Bertz CT molecular complexity index is 452. The third-order valence-corrected chi connectivity index (χ3v) is 2.49. The molecule has 1 aliphatic rings. The van der Waals surface area contributed by atoms with E-state index in [4.69, 9.17) is 11.6 Å². The molecule has 4 heteroatoms. The molecule has 0 saturated carbocycles. The van der Waals surface area contributed by atoms with Crippen molar-refractivity contribution in [1.29, 1.82) is 0 Å². The van der Waals surface area contributed by atoms with Crippen LogP contribution < -0.4 is 5.32 Å². The van der Waals surface area contributed by atoms with Crippen LogP contribution in [0, 0.1) is 0 Å². The number of carbonyl (C=O) groups excluding carboxylic acids is 1. The fourth-order valence-corrected chi connectivity index (χ4v) is 1.79. The van der Waals surface area contributed by atoms with Crippen molar-refractivity contribution in [2.24, 2.45) is 0 Å². The largest absolute Gasteiger partial charge is 0.383 e. The highest BCUT2D eigenvalue weighted by atomic mass is 35.5. The molecule has 0 radical (unpaired) electrons. The number of halogens is 1. The van der Waals surface area contributed by atoms with Gasteiger partial charge in [-0.2, -0.15) is 0 Å². The molecule has 1 aromatic rings. The van der Waals surface area contributed by atoms with Crippen molar-refractivity contribution in [2.45, 2.75) is 0 Å². The smallest absolute Gasteiger partial charge is 0.257 e. The van der Waals surface area contributed by atoms with Crippen molar-refractivity contribution in [3.8, 4) is 0 Å². The van der Waals surface area contributed by atoms with Crippen molar-refractivity contribution < 1.29 is 4.79 Å². The highest BCUT2D eigenvalue weighted by molar-refractivity contribution is 6.39. The Kier molecular flexibility index (Phi) is 2.40. The average Bonchev–Trinajstić information content (AvgIpc) is 2.45. The molecule has 0 bridgehead atoms. The van der Waals surface area contributed by atoms with Crippen LogP contribution in [0.1, 0.15) is 5.56 Å². The molecule has 15 heavy (non-hydrogen) atoms. The first-order valence-electron chi connectivity index (χ1n) is 4.58. The van der Waals surface area contributed by atoms with Gasteiger partial charge in [-0.05, 0) is 6.07 Å². The Morgan fingerprint density at radius 2 is 2.13 bits per heavy atom. The van der Waals surface area contributed by atoms with Crippen LogP contribution in [0.3, 0.4) is 0 Å². The van der Waals surface area contributed by atoms with Gasteiger partial charge in [-0.15, -0.1) is 0 Å². The summed E-state index contributed by atoms with van der Waals surface area (Å²) in [6.07, 6.45) is 1.79. The first kappa shape index (κ1) is 10.1. The van der Waals surface area contributed by atoms with Gasteiger partial charge in [0.05, 0.1) is 16.3 Å². The summed E-state index contributed by atoms with van der Waals surface area (Å²) in [6, 6.07) is 5.48. The fourth-order valence-electron chi connectivity index (χ4n) is 1.57. The minimum atomic E-state index is -0.105. The molecule has 0 unspecified atom stereocenters. The average molecular weight is 223 g/mol. The second-order valence-electron chi connectivity index (χ2n) is 3.62. The van der Waals surface area contributed by atoms with Crippen LogP contribution >= 0.6 is 11.6 Å². The Morgan fingerprint density at radius 3 is 2.80 bits per heavy atom. The lowest BCUT2D eigenvalue weighted by molar-refractivity contribution is -0.110. The summed E-state index contributed by atoms with van der Waals surface area (Å²) in [5.41, 5.74) is 2.22. The van der Waals surface area contributed by atoms with E-state index in [1.54, 1.807) is 12.3 Å². The van der Waals surface area contributed by atoms with Gasteiger partial charge in [0.25, 0.3) is 5.91 Å². The van der Waals surface area contributed by atoms with Crippen molar-refractivity contribution in [3.63, 3.8) is 0 Å². The molecule has 0 fully saturated rings. The van der Waals surface area contributed by atoms with E-state index >= 15 is 0 Å². The monoisotopic (exact) mass is 222 g/mol. The number of hydrogen-bond acceptors (Lipinski definition) is 2. The third-order valence-electron chi connectivity index (χ3n) is 2.17. The molecule has 1 N–H and O–H groups in total. The molecule has 1 aliphatic heterocycles. The first-order chi connectivity index (χ1) is 7.09. The van der Waals surface area contributed by atoms with Crippen LogP contribution in [0.5, 0.6) is 0 Å². The fraction of sp³-hybridized carbons (Fsp3) is 0.182. The van der Waals surface area contributed by atoms with Crippen molar-refractivity contribution in [2.75, 3.05) is 19.4 Å². The number of amides is 1. The molecule has 78 valence electrons. The Balaban J connectivity index is 2.56. The molecule has 0 atom stereocenters. The van der Waals surface area contributed by atoms with Gasteiger partial charge in [0.15, 0.2) is 0 Å². The maximum atomic E-state index is 11.7. The lowest BCUT2D eigenvalue weighted by atomic mass is 10.1. The predicted octanol–water partition coefficient (Wildman–Crippen LogP) is 2.19. The zero-order valence-corrected chi connectivity index (χ0v) is 9.30. The highest BCUT2D eigenvalue weighted by Crippen LogP contribution is 2.36. The first-order valence-corrected chi connectivity index (χ1v) is 4.96. The number of hydrogen-bond donors (Lipinski definition) is 1. The second kappa shape index (κ2) is 3.59. The van der Waals surface area contributed by atoms with E-state index < -0.39 is 0 Å². The number of nitrogens with one attached hydrogen (secondary N) is 1. The zero-order chi connectivity index (χ0) is 11.0. The SMILES string of the molecule is CN(C)/C=C1\C(=O)Nc2c(Cl)cccc21. The van der Waals surface area contributed by atoms with Crippen LogP contribution in [0.2, 0.25) is 5.02 Å². The minimum Gasteiger partial charge on any atom is -0.383 e. The van der Waals surface area contributed by atoms with Gasteiger partial charge >= 0.3 is 0 Å². The van der Waals surface area contributed by atoms with E-state index in [9.17, 15) is 4.79 Å². The van der Waals surface area contributed by atoms with Gasteiger partial charge in [-0.3, -0.25) is 4.79 Å². The summed E-state index contributed by atoms with van der Waals surface area (Å²) in [5, 5.41) is 3.33. The third kappa shape index (κ3) is 1.70. The second-order valence-corrected chi connectivity index (χ2v) is 4.03. The standard InChI is InChI=1S/C11H11ClN2O/c1-14(2)6-8-7-4-3-5-9(12)10(7)13-11(8)15/h3-6H,1-2H3,(H,13,15)/b8-6-. The topological polar surface area (TPSA) is 32.3 Å². The number of para-hydroxylation sites is 1. The number of fused-ring (bicyclic) bond motifs is 1. The molecule has 1 aromatic carbocycles. The van der Waals surface area contributed by atoms with Gasteiger partial charge in [-0.25, -0.2) is 0 Å². The molecule has 0 spiro atoms. The summed E-state index contributed by atoms with van der Waals surface area (Å²) in [7, 11) is 3.76. The summed E-state index contributed by atoms with van der Waals surface area (Å²) < 4.78 is 0.